The molecule has 0 aromatic rings. The fourth-order valence-electron chi connectivity index (χ4n) is 3.56. The molecule has 18 heavy (non-hydrogen) atoms. The van der Waals surface area contributed by atoms with Gasteiger partial charge in [-0.3, -0.25) is 4.79 Å². The van der Waals surface area contributed by atoms with Gasteiger partial charge in [-0.1, -0.05) is 12.8 Å². The number of carbonyl (C=O) groups excluding carboxylic acids is 1. The first-order valence-corrected chi connectivity index (χ1v) is 7.19. The SMILES string of the molecule is CN1CCN(C2=C(C=O)C3CCCCC3N2)CC1. The number of hydrogen-bond acceptors (Lipinski definition) is 4. The lowest BCUT2D eigenvalue weighted by atomic mass is 9.82. The van der Waals surface area contributed by atoms with E-state index in [-0.39, 0.29) is 0 Å². The fourth-order valence-corrected chi connectivity index (χ4v) is 3.56. The molecule has 0 spiro atoms. The first kappa shape index (κ1) is 12.0. The molecule has 0 aromatic carbocycles. The molecule has 2 atom stereocenters. The highest BCUT2D eigenvalue weighted by Crippen LogP contribution is 2.36. The number of likely N-dealkylation sites (N-methyl/N-ethyl adjacent to an activating group) is 1. The molecule has 100 valence electrons. The first-order valence-electron chi connectivity index (χ1n) is 7.19. The van der Waals surface area contributed by atoms with Crippen LogP contribution in [0.2, 0.25) is 0 Å². The summed E-state index contributed by atoms with van der Waals surface area (Å²) in [5.74, 6) is 1.63. The summed E-state index contributed by atoms with van der Waals surface area (Å²) in [5.41, 5.74) is 1.05. The van der Waals surface area contributed by atoms with Crippen LogP contribution in [0, 0.1) is 5.92 Å². The largest absolute Gasteiger partial charge is 0.368 e. The lowest BCUT2D eigenvalue weighted by molar-refractivity contribution is -0.105. The van der Waals surface area contributed by atoms with Crippen molar-refractivity contribution in [3.8, 4) is 0 Å². The number of nitrogens with zero attached hydrogens (tertiary/aromatic N) is 2. The Morgan fingerprint density at radius 1 is 1.17 bits per heavy atom. The molecule has 2 unspecified atom stereocenters. The first-order chi connectivity index (χ1) is 8.79. The Bertz CT molecular complexity index is 358. The van der Waals surface area contributed by atoms with Crippen molar-refractivity contribution in [2.24, 2.45) is 5.92 Å². The molecule has 0 radical (unpaired) electrons. The molecule has 2 heterocycles. The van der Waals surface area contributed by atoms with Crippen LogP contribution in [0.15, 0.2) is 11.4 Å². The highest BCUT2D eigenvalue weighted by Gasteiger charge is 2.38. The third-order valence-corrected chi connectivity index (χ3v) is 4.71. The van der Waals surface area contributed by atoms with Gasteiger partial charge in [-0.2, -0.15) is 0 Å². The summed E-state index contributed by atoms with van der Waals surface area (Å²) in [7, 11) is 2.16. The lowest BCUT2D eigenvalue weighted by Gasteiger charge is -2.35. The molecule has 2 fully saturated rings. The standard InChI is InChI=1S/C14H23N3O/c1-16-6-8-17(9-7-16)14-12(10-18)11-4-2-3-5-13(11)15-14/h10-11,13,15H,2-9H2,1H3. The van der Waals surface area contributed by atoms with Gasteiger partial charge in [0.05, 0.1) is 0 Å². The van der Waals surface area contributed by atoms with E-state index in [4.69, 9.17) is 0 Å². The van der Waals surface area contributed by atoms with Crippen LogP contribution in [0.3, 0.4) is 0 Å². The van der Waals surface area contributed by atoms with E-state index in [0.717, 1.165) is 43.9 Å². The van der Waals surface area contributed by atoms with Crippen LogP contribution in [-0.4, -0.2) is 55.4 Å². The second-order valence-corrected chi connectivity index (χ2v) is 5.85. The van der Waals surface area contributed by atoms with Crippen LogP contribution in [-0.2, 0) is 4.79 Å². The van der Waals surface area contributed by atoms with Crippen LogP contribution in [0.25, 0.3) is 0 Å². The third-order valence-electron chi connectivity index (χ3n) is 4.71. The second kappa shape index (κ2) is 4.92. The van der Waals surface area contributed by atoms with Gasteiger partial charge in [0.2, 0.25) is 0 Å². The summed E-state index contributed by atoms with van der Waals surface area (Å²) in [6, 6.07) is 0.522. The Balaban J connectivity index is 1.78. The molecule has 1 saturated carbocycles. The molecular weight excluding hydrogens is 226 g/mol. The van der Waals surface area contributed by atoms with Gasteiger partial charge in [-0.25, -0.2) is 0 Å². The number of hydrogen-bond donors (Lipinski definition) is 1. The Labute approximate surface area is 109 Å². The average molecular weight is 249 g/mol. The number of carbonyl (C=O) groups is 1. The van der Waals surface area contributed by atoms with Crippen molar-refractivity contribution in [3.63, 3.8) is 0 Å². The van der Waals surface area contributed by atoms with E-state index >= 15 is 0 Å². The number of fused-ring (bicyclic) bond motifs is 1. The Kier molecular flexibility index (Phi) is 3.29. The van der Waals surface area contributed by atoms with Gasteiger partial charge in [0.25, 0.3) is 0 Å². The molecule has 3 aliphatic rings. The third kappa shape index (κ3) is 2.03. The minimum Gasteiger partial charge on any atom is -0.368 e. The van der Waals surface area contributed by atoms with Crippen LogP contribution in [0.1, 0.15) is 25.7 Å². The zero-order chi connectivity index (χ0) is 12.5. The van der Waals surface area contributed by atoms with Crippen LogP contribution in [0.5, 0.6) is 0 Å². The van der Waals surface area contributed by atoms with E-state index in [2.05, 4.69) is 22.2 Å². The Hall–Kier alpha value is -1.03. The number of rotatable bonds is 2. The predicted molar refractivity (Wildman–Crippen MR) is 71.0 cm³/mol. The zero-order valence-corrected chi connectivity index (χ0v) is 11.2. The van der Waals surface area contributed by atoms with Crippen molar-refractivity contribution in [1.82, 2.24) is 15.1 Å². The number of nitrogens with one attached hydrogen (secondary N) is 1. The van der Waals surface area contributed by atoms with Crippen LogP contribution < -0.4 is 5.32 Å². The van der Waals surface area contributed by atoms with E-state index in [0.29, 0.717) is 12.0 Å². The summed E-state index contributed by atoms with van der Waals surface area (Å²) < 4.78 is 0. The van der Waals surface area contributed by atoms with Crippen LogP contribution in [0.4, 0.5) is 0 Å². The normalized spacial score (nSPS) is 33.3. The molecule has 0 aromatic heterocycles. The quantitative estimate of drug-likeness (QED) is 0.735. The molecule has 0 amide bonds. The smallest absolute Gasteiger partial charge is 0.149 e. The van der Waals surface area contributed by atoms with Crippen molar-refractivity contribution in [1.29, 1.82) is 0 Å². The summed E-state index contributed by atoms with van der Waals surface area (Å²) in [5, 5.41) is 3.63. The summed E-state index contributed by atoms with van der Waals surface area (Å²) in [6.07, 6.45) is 6.09. The van der Waals surface area contributed by atoms with E-state index in [1.54, 1.807) is 0 Å². The fraction of sp³-hybridized carbons (Fsp3) is 0.786. The highest BCUT2D eigenvalue weighted by molar-refractivity contribution is 5.76. The van der Waals surface area contributed by atoms with Crippen molar-refractivity contribution in [2.75, 3.05) is 33.2 Å². The van der Waals surface area contributed by atoms with Crippen molar-refractivity contribution in [3.05, 3.63) is 11.4 Å². The van der Waals surface area contributed by atoms with E-state index in [1.165, 1.54) is 25.7 Å². The van der Waals surface area contributed by atoms with Crippen LogP contribution >= 0.6 is 0 Å². The van der Waals surface area contributed by atoms with E-state index in [9.17, 15) is 4.79 Å². The minimum atomic E-state index is 0.478. The van der Waals surface area contributed by atoms with Gasteiger partial charge >= 0.3 is 0 Å². The predicted octanol–water partition coefficient (Wildman–Crippen LogP) is 0.806. The van der Waals surface area contributed by atoms with Gasteiger partial charge in [0, 0.05) is 43.7 Å². The number of piperazine rings is 1. The minimum absolute atomic E-state index is 0.478. The maximum atomic E-state index is 11.4. The average Bonchev–Trinajstić information content (AvgIpc) is 2.78. The summed E-state index contributed by atoms with van der Waals surface area (Å²) in [4.78, 5) is 16.2. The monoisotopic (exact) mass is 249 g/mol. The maximum Gasteiger partial charge on any atom is 0.149 e. The topological polar surface area (TPSA) is 35.6 Å². The summed E-state index contributed by atoms with van der Waals surface area (Å²) in [6.45, 7) is 4.25. The van der Waals surface area contributed by atoms with Gasteiger partial charge in [-0.05, 0) is 19.9 Å². The molecule has 1 saturated heterocycles. The maximum absolute atomic E-state index is 11.4. The van der Waals surface area contributed by atoms with Gasteiger partial charge in [0.1, 0.15) is 12.1 Å². The molecule has 0 bridgehead atoms. The molecular formula is C14H23N3O. The second-order valence-electron chi connectivity index (χ2n) is 5.85. The van der Waals surface area contributed by atoms with Gasteiger partial charge in [0.15, 0.2) is 0 Å². The summed E-state index contributed by atoms with van der Waals surface area (Å²) >= 11 is 0. The molecule has 2 aliphatic heterocycles. The molecule has 4 nitrogen and oxygen atoms in total. The lowest BCUT2D eigenvalue weighted by Crippen LogP contribution is -2.46. The molecule has 1 aliphatic carbocycles. The Morgan fingerprint density at radius 3 is 2.61 bits per heavy atom. The number of aldehydes is 1. The molecule has 3 rings (SSSR count). The Morgan fingerprint density at radius 2 is 1.89 bits per heavy atom. The molecule has 1 N–H and O–H groups in total. The van der Waals surface area contributed by atoms with Crippen molar-refractivity contribution >= 4 is 6.29 Å². The zero-order valence-electron chi connectivity index (χ0n) is 11.2. The van der Waals surface area contributed by atoms with Crippen molar-refractivity contribution in [2.45, 2.75) is 31.7 Å². The van der Waals surface area contributed by atoms with Gasteiger partial charge < -0.3 is 15.1 Å². The van der Waals surface area contributed by atoms with E-state index in [1.807, 2.05) is 0 Å². The molecule has 4 heteroatoms. The van der Waals surface area contributed by atoms with Gasteiger partial charge in [-0.15, -0.1) is 0 Å². The van der Waals surface area contributed by atoms with E-state index < -0.39 is 0 Å². The highest BCUT2D eigenvalue weighted by atomic mass is 16.1. The van der Waals surface area contributed by atoms with Crippen molar-refractivity contribution < 1.29 is 4.79 Å².